The molecule has 0 amide bonds. The molecule has 0 heterocycles. The van der Waals surface area contributed by atoms with Gasteiger partial charge in [-0.1, -0.05) is 17.7 Å². The summed E-state index contributed by atoms with van der Waals surface area (Å²) in [5.74, 6) is 0.786. The normalized spacial score (nSPS) is 25.5. The van der Waals surface area contributed by atoms with Crippen molar-refractivity contribution < 1.29 is 9.84 Å². The molecular weight excluding hydrogens is 212 g/mol. The maximum atomic E-state index is 9.65. The third-order valence-corrected chi connectivity index (χ3v) is 3.08. The Morgan fingerprint density at radius 1 is 1.40 bits per heavy atom. The molecule has 0 saturated heterocycles. The highest BCUT2D eigenvalue weighted by Gasteiger charge is 2.27. The van der Waals surface area contributed by atoms with Crippen LogP contribution in [0.15, 0.2) is 18.2 Å². The molecule has 3 heteroatoms. The number of aliphatic hydroxyl groups excluding tert-OH is 1. The lowest BCUT2D eigenvalue weighted by Gasteiger charge is -2.18. The van der Waals surface area contributed by atoms with E-state index in [9.17, 15) is 5.11 Å². The highest BCUT2D eigenvalue weighted by Crippen LogP contribution is 2.28. The molecule has 1 saturated carbocycles. The highest BCUT2D eigenvalue weighted by atomic mass is 35.5. The van der Waals surface area contributed by atoms with Gasteiger partial charge in [0.25, 0.3) is 0 Å². The summed E-state index contributed by atoms with van der Waals surface area (Å²) in [6.07, 6.45) is 2.40. The molecule has 0 aromatic heterocycles. The van der Waals surface area contributed by atoms with Gasteiger partial charge in [-0.3, -0.25) is 0 Å². The van der Waals surface area contributed by atoms with E-state index in [1.807, 2.05) is 25.1 Å². The smallest absolute Gasteiger partial charge is 0.124 e. The van der Waals surface area contributed by atoms with Gasteiger partial charge < -0.3 is 9.84 Å². The highest BCUT2D eigenvalue weighted by molar-refractivity contribution is 6.30. The summed E-state index contributed by atoms with van der Waals surface area (Å²) in [5, 5.41) is 10.3. The molecule has 2 nitrogen and oxygen atoms in total. The van der Waals surface area contributed by atoms with E-state index in [1.165, 1.54) is 0 Å². The second kappa shape index (κ2) is 4.42. The summed E-state index contributed by atoms with van der Waals surface area (Å²) in [5.41, 5.74) is 1.05. The Bertz CT molecular complexity index is 351. The predicted molar refractivity (Wildman–Crippen MR) is 60.5 cm³/mol. The van der Waals surface area contributed by atoms with E-state index in [0.717, 1.165) is 30.6 Å². The van der Waals surface area contributed by atoms with Crippen LogP contribution in [0.3, 0.4) is 0 Å². The van der Waals surface area contributed by atoms with Gasteiger partial charge in [-0.25, -0.2) is 0 Å². The Morgan fingerprint density at radius 3 is 2.87 bits per heavy atom. The lowest BCUT2D eigenvalue weighted by molar-refractivity contribution is 0.0600. The van der Waals surface area contributed by atoms with Crippen LogP contribution in [0.4, 0.5) is 0 Å². The third-order valence-electron chi connectivity index (χ3n) is 2.85. The van der Waals surface area contributed by atoms with Crippen molar-refractivity contribution in [2.75, 3.05) is 0 Å². The Balaban J connectivity index is 2.12. The Hall–Kier alpha value is -0.730. The fourth-order valence-corrected chi connectivity index (χ4v) is 2.07. The second-order valence-electron chi connectivity index (χ2n) is 4.06. The van der Waals surface area contributed by atoms with Gasteiger partial charge in [0.1, 0.15) is 11.9 Å². The van der Waals surface area contributed by atoms with Gasteiger partial charge in [-0.2, -0.15) is 0 Å². The molecule has 1 aliphatic carbocycles. The van der Waals surface area contributed by atoms with Gasteiger partial charge in [-0.05, 0) is 43.9 Å². The number of hydrogen-bond acceptors (Lipinski definition) is 2. The number of rotatable bonds is 2. The molecule has 82 valence electrons. The minimum Gasteiger partial charge on any atom is -0.487 e. The predicted octanol–water partition coefficient (Wildman–Crippen LogP) is 2.94. The van der Waals surface area contributed by atoms with E-state index in [0.29, 0.717) is 5.02 Å². The van der Waals surface area contributed by atoms with E-state index >= 15 is 0 Å². The van der Waals surface area contributed by atoms with E-state index < -0.39 is 0 Å². The zero-order chi connectivity index (χ0) is 10.8. The van der Waals surface area contributed by atoms with Crippen LogP contribution in [0.25, 0.3) is 0 Å². The van der Waals surface area contributed by atoms with Crippen molar-refractivity contribution in [2.24, 2.45) is 0 Å². The third kappa shape index (κ3) is 2.44. The summed E-state index contributed by atoms with van der Waals surface area (Å²) < 4.78 is 5.76. The molecule has 0 unspecified atom stereocenters. The first-order valence-corrected chi connectivity index (χ1v) is 5.65. The van der Waals surface area contributed by atoms with Gasteiger partial charge in [0.2, 0.25) is 0 Å². The van der Waals surface area contributed by atoms with Crippen LogP contribution in [-0.2, 0) is 0 Å². The van der Waals surface area contributed by atoms with Crippen molar-refractivity contribution in [1.29, 1.82) is 0 Å². The molecule has 0 spiro atoms. The van der Waals surface area contributed by atoms with Crippen LogP contribution in [0, 0.1) is 6.92 Å². The molecule has 1 fully saturated rings. The number of hydrogen-bond donors (Lipinski definition) is 1. The maximum absolute atomic E-state index is 9.65. The number of ether oxygens (including phenoxy) is 1. The van der Waals surface area contributed by atoms with Gasteiger partial charge in [0.05, 0.1) is 6.10 Å². The molecule has 0 aliphatic heterocycles. The molecule has 1 aromatic carbocycles. The SMILES string of the molecule is Cc1ccc(Cl)cc1O[C@H]1CCC[C@@H]1O. The fraction of sp³-hybridized carbons (Fsp3) is 0.500. The number of halogens is 1. The summed E-state index contributed by atoms with van der Waals surface area (Å²) in [6.45, 7) is 1.98. The van der Waals surface area contributed by atoms with Crippen LogP contribution in [0.1, 0.15) is 24.8 Å². The van der Waals surface area contributed by atoms with E-state index in [2.05, 4.69) is 0 Å². The average Bonchev–Trinajstić information content (AvgIpc) is 2.58. The van der Waals surface area contributed by atoms with Crippen molar-refractivity contribution in [3.63, 3.8) is 0 Å². The van der Waals surface area contributed by atoms with Gasteiger partial charge in [0.15, 0.2) is 0 Å². The molecule has 2 atom stereocenters. The summed E-state index contributed by atoms with van der Waals surface area (Å²) >= 11 is 5.90. The van der Waals surface area contributed by atoms with E-state index in [1.54, 1.807) is 0 Å². The van der Waals surface area contributed by atoms with E-state index in [4.69, 9.17) is 16.3 Å². The monoisotopic (exact) mass is 226 g/mol. The second-order valence-corrected chi connectivity index (χ2v) is 4.50. The number of benzene rings is 1. The molecule has 15 heavy (non-hydrogen) atoms. The van der Waals surface area contributed by atoms with Crippen molar-refractivity contribution in [1.82, 2.24) is 0 Å². The van der Waals surface area contributed by atoms with Gasteiger partial charge in [-0.15, -0.1) is 0 Å². The topological polar surface area (TPSA) is 29.5 Å². The Kier molecular flexibility index (Phi) is 3.17. The quantitative estimate of drug-likeness (QED) is 0.840. The van der Waals surface area contributed by atoms with E-state index in [-0.39, 0.29) is 12.2 Å². The fourth-order valence-electron chi connectivity index (χ4n) is 1.91. The number of aryl methyl sites for hydroxylation is 1. The molecular formula is C12H15ClO2. The standard InChI is InChI=1S/C12H15ClO2/c1-8-5-6-9(13)7-12(8)15-11-4-2-3-10(11)14/h5-7,10-11,14H,2-4H2,1H3/t10-,11-/m0/s1. The van der Waals surface area contributed by atoms with Crippen LogP contribution in [-0.4, -0.2) is 17.3 Å². The first kappa shape index (κ1) is 10.8. The average molecular weight is 227 g/mol. The van der Waals surface area contributed by atoms with Crippen molar-refractivity contribution >= 4 is 11.6 Å². The van der Waals surface area contributed by atoms with Gasteiger partial charge >= 0.3 is 0 Å². The minimum atomic E-state index is -0.330. The molecule has 2 rings (SSSR count). The largest absolute Gasteiger partial charge is 0.487 e. The first-order valence-electron chi connectivity index (χ1n) is 5.27. The van der Waals surface area contributed by atoms with Crippen LogP contribution in [0.5, 0.6) is 5.75 Å². The zero-order valence-corrected chi connectivity index (χ0v) is 9.50. The molecule has 1 aliphatic rings. The molecule has 1 aromatic rings. The van der Waals surface area contributed by atoms with Crippen molar-refractivity contribution in [3.05, 3.63) is 28.8 Å². The minimum absolute atomic E-state index is 0.0674. The van der Waals surface area contributed by atoms with Crippen LogP contribution >= 0.6 is 11.6 Å². The molecule has 1 N–H and O–H groups in total. The maximum Gasteiger partial charge on any atom is 0.124 e. The van der Waals surface area contributed by atoms with Crippen molar-refractivity contribution in [3.8, 4) is 5.75 Å². The van der Waals surface area contributed by atoms with Crippen LogP contribution < -0.4 is 4.74 Å². The molecule has 0 radical (unpaired) electrons. The number of aliphatic hydroxyl groups is 1. The zero-order valence-electron chi connectivity index (χ0n) is 8.74. The summed E-state index contributed by atoms with van der Waals surface area (Å²) in [4.78, 5) is 0. The lowest BCUT2D eigenvalue weighted by atomic mass is 10.2. The summed E-state index contributed by atoms with van der Waals surface area (Å²) in [6, 6.07) is 5.58. The van der Waals surface area contributed by atoms with Gasteiger partial charge in [0, 0.05) is 5.02 Å². The van der Waals surface area contributed by atoms with Crippen molar-refractivity contribution in [2.45, 2.75) is 38.4 Å². The first-order chi connectivity index (χ1) is 7.16. The Morgan fingerprint density at radius 2 is 2.20 bits per heavy atom. The molecule has 0 bridgehead atoms. The lowest BCUT2D eigenvalue weighted by Crippen LogP contribution is -2.25. The summed E-state index contributed by atoms with van der Waals surface area (Å²) in [7, 11) is 0. The Labute approximate surface area is 94.8 Å². The van der Waals surface area contributed by atoms with Crippen LogP contribution in [0.2, 0.25) is 5.02 Å².